The largest absolute Gasteiger partial charge is 0.299 e. The van der Waals surface area contributed by atoms with Crippen LogP contribution < -0.4 is 0 Å². The molecule has 0 radical (unpaired) electrons. The smallest absolute Gasteiger partial charge is 0.138 e. The zero-order chi connectivity index (χ0) is 14.7. The summed E-state index contributed by atoms with van der Waals surface area (Å²) in [5.41, 5.74) is 2.09. The van der Waals surface area contributed by atoms with Crippen LogP contribution in [-0.2, 0) is 17.8 Å². The number of carbonyl (C=O) groups excluding carboxylic acids is 1. The molecule has 0 N–H and O–H groups in total. The quantitative estimate of drug-likeness (QED) is 0.799. The minimum absolute atomic E-state index is 0.341. The lowest BCUT2D eigenvalue weighted by atomic mass is 9.98. The van der Waals surface area contributed by atoms with Crippen LogP contribution in [0.2, 0.25) is 0 Å². The Morgan fingerprint density at radius 2 is 2.05 bits per heavy atom. The summed E-state index contributed by atoms with van der Waals surface area (Å²) in [5.74, 6) is 1.13. The summed E-state index contributed by atoms with van der Waals surface area (Å²) in [6.07, 6.45) is 7.62. The fraction of sp³-hybridized carbons (Fsp3) is 0.556. The van der Waals surface area contributed by atoms with Crippen LogP contribution >= 0.6 is 0 Å². The van der Waals surface area contributed by atoms with E-state index in [0.29, 0.717) is 12.2 Å². The van der Waals surface area contributed by atoms with Crippen LogP contribution in [0.15, 0.2) is 24.3 Å². The van der Waals surface area contributed by atoms with Gasteiger partial charge in [-0.05, 0) is 25.3 Å². The van der Waals surface area contributed by atoms with E-state index < -0.39 is 0 Å². The Balaban J connectivity index is 1.67. The van der Waals surface area contributed by atoms with E-state index in [2.05, 4.69) is 24.2 Å². The molecule has 3 rings (SSSR count). The van der Waals surface area contributed by atoms with Gasteiger partial charge in [0, 0.05) is 18.4 Å². The molecule has 3 heteroatoms. The number of Topliss-reactive ketones (excluding diaryl/α,β-unsaturated/α-hetero) is 1. The van der Waals surface area contributed by atoms with Gasteiger partial charge in [0.2, 0.25) is 0 Å². The third kappa shape index (κ3) is 3.17. The van der Waals surface area contributed by atoms with Gasteiger partial charge in [0.15, 0.2) is 0 Å². The van der Waals surface area contributed by atoms with Crippen LogP contribution in [0.5, 0.6) is 0 Å². The minimum atomic E-state index is 0.341. The van der Waals surface area contributed by atoms with Gasteiger partial charge in [-0.25, -0.2) is 0 Å². The third-order valence-corrected chi connectivity index (χ3v) is 4.70. The summed E-state index contributed by atoms with van der Waals surface area (Å²) in [6, 6.07) is 8.21. The molecule has 0 saturated heterocycles. The maximum atomic E-state index is 12.3. The van der Waals surface area contributed by atoms with Crippen LogP contribution in [-0.4, -0.2) is 15.6 Å². The highest BCUT2D eigenvalue weighted by Gasteiger charge is 2.17. The Morgan fingerprint density at radius 3 is 2.81 bits per heavy atom. The van der Waals surface area contributed by atoms with Crippen molar-refractivity contribution < 1.29 is 4.79 Å². The van der Waals surface area contributed by atoms with Gasteiger partial charge in [-0.1, -0.05) is 43.9 Å². The standard InChI is InChI=1S/C18H24N2O/c1-2-20-18-10-6-5-9-16(18)17(19-20)13-15(21)12-11-14-7-3-4-8-14/h5-6,9-10,14H,2-4,7-8,11-13H2,1H3. The number of hydrogen-bond donors (Lipinski definition) is 0. The first-order valence-electron chi connectivity index (χ1n) is 8.24. The second-order valence-electron chi connectivity index (χ2n) is 6.18. The lowest BCUT2D eigenvalue weighted by Crippen LogP contribution is -2.07. The molecule has 21 heavy (non-hydrogen) atoms. The molecule has 1 aliphatic rings. The molecule has 0 unspecified atom stereocenters. The Morgan fingerprint density at radius 1 is 1.29 bits per heavy atom. The molecule has 3 nitrogen and oxygen atoms in total. The Hall–Kier alpha value is -1.64. The molecule has 1 aromatic carbocycles. The van der Waals surface area contributed by atoms with Crippen molar-refractivity contribution >= 4 is 16.7 Å². The highest BCUT2D eigenvalue weighted by molar-refractivity contribution is 5.88. The number of nitrogens with zero attached hydrogens (tertiary/aromatic N) is 2. The maximum absolute atomic E-state index is 12.3. The number of fused-ring (bicyclic) bond motifs is 1. The molecule has 1 saturated carbocycles. The molecule has 0 bridgehead atoms. The van der Waals surface area contributed by atoms with Gasteiger partial charge in [-0.3, -0.25) is 9.48 Å². The number of aryl methyl sites for hydroxylation is 1. The first kappa shape index (κ1) is 14.3. The van der Waals surface area contributed by atoms with Crippen molar-refractivity contribution in [2.45, 2.75) is 58.4 Å². The monoisotopic (exact) mass is 284 g/mol. The number of carbonyl (C=O) groups is 1. The van der Waals surface area contributed by atoms with Gasteiger partial charge < -0.3 is 0 Å². The van der Waals surface area contributed by atoms with Crippen molar-refractivity contribution in [3.63, 3.8) is 0 Å². The van der Waals surface area contributed by atoms with E-state index in [1.54, 1.807) is 0 Å². The molecule has 1 fully saturated rings. The third-order valence-electron chi connectivity index (χ3n) is 4.70. The van der Waals surface area contributed by atoms with E-state index >= 15 is 0 Å². The Kier molecular flexibility index (Phi) is 4.37. The van der Waals surface area contributed by atoms with Gasteiger partial charge in [0.25, 0.3) is 0 Å². The zero-order valence-corrected chi connectivity index (χ0v) is 12.8. The normalized spacial score (nSPS) is 15.9. The molecule has 1 heterocycles. The Labute approximate surface area is 126 Å². The van der Waals surface area contributed by atoms with Crippen molar-refractivity contribution in [1.29, 1.82) is 0 Å². The fourth-order valence-electron chi connectivity index (χ4n) is 3.51. The van der Waals surface area contributed by atoms with Crippen molar-refractivity contribution in [1.82, 2.24) is 9.78 Å². The number of benzene rings is 1. The van der Waals surface area contributed by atoms with E-state index in [-0.39, 0.29) is 0 Å². The van der Waals surface area contributed by atoms with E-state index in [1.165, 1.54) is 25.7 Å². The van der Waals surface area contributed by atoms with Crippen LogP contribution in [0.4, 0.5) is 0 Å². The van der Waals surface area contributed by atoms with Crippen LogP contribution in [0.25, 0.3) is 10.9 Å². The van der Waals surface area contributed by atoms with Crippen molar-refractivity contribution in [2.75, 3.05) is 0 Å². The number of ketones is 1. The molecule has 112 valence electrons. The fourth-order valence-corrected chi connectivity index (χ4v) is 3.51. The van der Waals surface area contributed by atoms with Gasteiger partial charge in [0.1, 0.15) is 5.78 Å². The molecular formula is C18H24N2O. The first-order valence-corrected chi connectivity index (χ1v) is 8.24. The van der Waals surface area contributed by atoms with E-state index in [9.17, 15) is 4.79 Å². The molecule has 0 aliphatic heterocycles. The van der Waals surface area contributed by atoms with Crippen LogP contribution in [0, 0.1) is 5.92 Å². The Bertz CT molecular complexity index is 623. The van der Waals surface area contributed by atoms with Gasteiger partial charge in [-0.15, -0.1) is 0 Å². The summed E-state index contributed by atoms with van der Waals surface area (Å²) in [5, 5.41) is 5.76. The maximum Gasteiger partial charge on any atom is 0.138 e. The minimum Gasteiger partial charge on any atom is -0.299 e. The average molecular weight is 284 g/mol. The highest BCUT2D eigenvalue weighted by atomic mass is 16.1. The number of aromatic nitrogens is 2. The van der Waals surface area contributed by atoms with E-state index in [1.807, 2.05) is 16.8 Å². The predicted octanol–water partition coefficient (Wildman–Crippen LogP) is 4.14. The van der Waals surface area contributed by atoms with Gasteiger partial charge in [-0.2, -0.15) is 5.10 Å². The second kappa shape index (κ2) is 6.42. The summed E-state index contributed by atoms with van der Waals surface area (Å²) in [7, 11) is 0. The number of hydrogen-bond acceptors (Lipinski definition) is 2. The first-order chi connectivity index (χ1) is 10.3. The zero-order valence-electron chi connectivity index (χ0n) is 12.8. The average Bonchev–Trinajstić information content (AvgIpc) is 3.13. The summed E-state index contributed by atoms with van der Waals surface area (Å²) < 4.78 is 1.99. The summed E-state index contributed by atoms with van der Waals surface area (Å²) >= 11 is 0. The van der Waals surface area contributed by atoms with Crippen molar-refractivity contribution in [3.05, 3.63) is 30.0 Å². The van der Waals surface area contributed by atoms with Crippen molar-refractivity contribution in [3.8, 4) is 0 Å². The summed E-state index contributed by atoms with van der Waals surface area (Å²) in [6.45, 7) is 2.93. The molecular weight excluding hydrogens is 260 g/mol. The second-order valence-corrected chi connectivity index (χ2v) is 6.18. The molecule has 0 amide bonds. The van der Waals surface area contributed by atoms with Gasteiger partial charge >= 0.3 is 0 Å². The number of rotatable bonds is 6. The molecule has 0 atom stereocenters. The van der Waals surface area contributed by atoms with Gasteiger partial charge in [0.05, 0.1) is 17.6 Å². The predicted molar refractivity (Wildman–Crippen MR) is 85.3 cm³/mol. The number of para-hydroxylation sites is 1. The lowest BCUT2D eigenvalue weighted by molar-refractivity contribution is -0.118. The summed E-state index contributed by atoms with van der Waals surface area (Å²) in [4.78, 5) is 12.3. The SMILES string of the molecule is CCn1nc(CC(=O)CCC2CCCC2)c2ccccc21. The van der Waals surface area contributed by atoms with E-state index in [4.69, 9.17) is 0 Å². The molecule has 0 spiro atoms. The topological polar surface area (TPSA) is 34.9 Å². The molecule has 1 aliphatic carbocycles. The highest BCUT2D eigenvalue weighted by Crippen LogP contribution is 2.29. The lowest BCUT2D eigenvalue weighted by Gasteiger charge is -2.07. The van der Waals surface area contributed by atoms with Crippen LogP contribution in [0.3, 0.4) is 0 Å². The molecule has 1 aromatic heterocycles. The van der Waals surface area contributed by atoms with Crippen LogP contribution in [0.1, 0.15) is 51.1 Å². The van der Waals surface area contributed by atoms with E-state index in [0.717, 1.165) is 41.9 Å². The molecule has 2 aromatic rings. The van der Waals surface area contributed by atoms with Crippen molar-refractivity contribution in [2.24, 2.45) is 5.92 Å².